The highest BCUT2D eigenvalue weighted by molar-refractivity contribution is 6.06. The predicted molar refractivity (Wildman–Crippen MR) is 116 cm³/mol. The number of hydrogen-bond donors (Lipinski definition) is 3. The summed E-state index contributed by atoms with van der Waals surface area (Å²) in [6.45, 7) is 0. The lowest BCUT2D eigenvalue weighted by Gasteiger charge is -2.09. The standard InChI is InChI=1S/C24H21N3O3/c28-22(16-5-2-1-3-6-16)25-19-11-9-17(10-12-19)23(29)27-21-8-4-7-18(15-21)24(30)26-20-13-14-20/h1-12,15,20H,13-14H2,(H,25,28)(H,26,30)(H,27,29). The van der Waals surface area contributed by atoms with Gasteiger partial charge in [0.2, 0.25) is 0 Å². The average Bonchev–Trinajstić information content (AvgIpc) is 3.59. The summed E-state index contributed by atoms with van der Waals surface area (Å²) in [6, 6.07) is 22.7. The van der Waals surface area contributed by atoms with Crippen molar-refractivity contribution in [3.05, 3.63) is 95.6 Å². The molecule has 0 spiro atoms. The Morgan fingerprint density at radius 2 is 1.20 bits per heavy atom. The second-order valence-corrected chi connectivity index (χ2v) is 7.18. The highest BCUT2D eigenvalue weighted by Crippen LogP contribution is 2.20. The van der Waals surface area contributed by atoms with Crippen LogP contribution in [0.15, 0.2) is 78.9 Å². The summed E-state index contributed by atoms with van der Waals surface area (Å²) in [5, 5.41) is 8.53. The lowest BCUT2D eigenvalue weighted by atomic mass is 10.1. The van der Waals surface area contributed by atoms with Crippen LogP contribution in [0, 0.1) is 0 Å². The first-order chi connectivity index (χ1) is 14.6. The Kier molecular flexibility index (Phi) is 5.57. The number of rotatable bonds is 6. The zero-order chi connectivity index (χ0) is 20.9. The molecule has 0 atom stereocenters. The Hall–Kier alpha value is -3.93. The molecule has 1 fully saturated rings. The van der Waals surface area contributed by atoms with Crippen LogP contribution in [-0.2, 0) is 0 Å². The van der Waals surface area contributed by atoms with Crippen molar-refractivity contribution in [2.24, 2.45) is 0 Å². The second-order valence-electron chi connectivity index (χ2n) is 7.18. The minimum Gasteiger partial charge on any atom is -0.349 e. The van der Waals surface area contributed by atoms with Crippen molar-refractivity contribution >= 4 is 29.1 Å². The fourth-order valence-electron chi connectivity index (χ4n) is 2.94. The maximum absolute atomic E-state index is 12.5. The van der Waals surface area contributed by atoms with Gasteiger partial charge in [-0.15, -0.1) is 0 Å². The Morgan fingerprint density at radius 1 is 0.600 bits per heavy atom. The molecular weight excluding hydrogens is 378 g/mol. The molecule has 0 unspecified atom stereocenters. The first kappa shape index (κ1) is 19.4. The molecule has 1 aliphatic rings. The average molecular weight is 399 g/mol. The normalized spacial score (nSPS) is 12.7. The minimum absolute atomic E-state index is 0.132. The predicted octanol–water partition coefficient (Wildman–Crippen LogP) is 4.08. The molecule has 0 bridgehead atoms. The number of carbonyl (C=O) groups is 3. The molecule has 3 aromatic rings. The van der Waals surface area contributed by atoms with Gasteiger partial charge in [0.1, 0.15) is 0 Å². The molecule has 3 amide bonds. The summed E-state index contributed by atoms with van der Waals surface area (Å²) in [7, 11) is 0. The summed E-state index contributed by atoms with van der Waals surface area (Å²) in [6.07, 6.45) is 2.04. The molecule has 1 aliphatic carbocycles. The van der Waals surface area contributed by atoms with E-state index in [4.69, 9.17) is 0 Å². The van der Waals surface area contributed by atoms with Crippen LogP contribution in [-0.4, -0.2) is 23.8 Å². The van der Waals surface area contributed by atoms with Gasteiger partial charge >= 0.3 is 0 Å². The number of nitrogens with one attached hydrogen (secondary N) is 3. The van der Waals surface area contributed by atoms with Crippen LogP contribution in [0.2, 0.25) is 0 Å². The topological polar surface area (TPSA) is 87.3 Å². The Labute approximate surface area is 174 Å². The van der Waals surface area contributed by atoms with Gasteiger partial charge in [-0.3, -0.25) is 14.4 Å². The van der Waals surface area contributed by atoms with Gasteiger partial charge in [-0.1, -0.05) is 24.3 Å². The Balaban J connectivity index is 1.38. The van der Waals surface area contributed by atoms with Gasteiger partial charge in [-0.05, 0) is 67.4 Å². The first-order valence-electron chi connectivity index (χ1n) is 9.77. The molecule has 0 heterocycles. The van der Waals surface area contributed by atoms with Gasteiger partial charge < -0.3 is 16.0 Å². The third-order valence-corrected chi connectivity index (χ3v) is 4.74. The zero-order valence-corrected chi connectivity index (χ0v) is 16.2. The highest BCUT2D eigenvalue weighted by atomic mass is 16.2. The van der Waals surface area contributed by atoms with Crippen molar-refractivity contribution < 1.29 is 14.4 Å². The van der Waals surface area contributed by atoms with E-state index in [2.05, 4.69) is 16.0 Å². The molecule has 1 saturated carbocycles. The molecule has 0 radical (unpaired) electrons. The molecule has 4 rings (SSSR count). The van der Waals surface area contributed by atoms with Crippen LogP contribution in [0.25, 0.3) is 0 Å². The van der Waals surface area contributed by atoms with E-state index in [1.165, 1.54) is 0 Å². The maximum atomic E-state index is 12.5. The zero-order valence-electron chi connectivity index (χ0n) is 16.2. The van der Waals surface area contributed by atoms with Gasteiger partial charge in [0.15, 0.2) is 0 Å². The van der Waals surface area contributed by atoms with Gasteiger partial charge in [0.05, 0.1) is 0 Å². The number of anilines is 2. The van der Waals surface area contributed by atoms with Crippen molar-refractivity contribution in [2.45, 2.75) is 18.9 Å². The van der Waals surface area contributed by atoms with Gasteiger partial charge in [0, 0.05) is 34.1 Å². The van der Waals surface area contributed by atoms with E-state index in [0.29, 0.717) is 28.1 Å². The summed E-state index contributed by atoms with van der Waals surface area (Å²) in [5.41, 5.74) is 2.66. The summed E-state index contributed by atoms with van der Waals surface area (Å²) >= 11 is 0. The van der Waals surface area contributed by atoms with Crippen LogP contribution in [0.1, 0.15) is 43.9 Å². The number of hydrogen-bond acceptors (Lipinski definition) is 3. The summed E-state index contributed by atoms with van der Waals surface area (Å²) < 4.78 is 0. The SMILES string of the molecule is O=C(Nc1ccc(C(=O)Nc2cccc(C(=O)NC3CC3)c2)cc1)c1ccccc1. The second kappa shape index (κ2) is 8.61. The molecular formula is C24H21N3O3. The molecule has 0 aliphatic heterocycles. The van der Waals surface area contributed by atoms with E-state index in [0.717, 1.165) is 12.8 Å². The lowest BCUT2D eigenvalue weighted by molar-refractivity contribution is 0.0949. The van der Waals surface area contributed by atoms with Gasteiger partial charge in [-0.2, -0.15) is 0 Å². The van der Waals surface area contributed by atoms with Crippen molar-refractivity contribution in [2.75, 3.05) is 10.6 Å². The van der Waals surface area contributed by atoms with Crippen molar-refractivity contribution in [1.82, 2.24) is 5.32 Å². The van der Waals surface area contributed by atoms with Crippen molar-refractivity contribution in [3.8, 4) is 0 Å². The first-order valence-corrected chi connectivity index (χ1v) is 9.77. The minimum atomic E-state index is -0.296. The molecule has 30 heavy (non-hydrogen) atoms. The Morgan fingerprint density at radius 3 is 1.87 bits per heavy atom. The lowest BCUT2D eigenvalue weighted by Crippen LogP contribution is -2.25. The third kappa shape index (κ3) is 4.91. The summed E-state index contributed by atoms with van der Waals surface area (Å²) in [5.74, 6) is -0.642. The van der Waals surface area contributed by atoms with Crippen molar-refractivity contribution in [1.29, 1.82) is 0 Å². The molecule has 0 aromatic heterocycles. The van der Waals surface area contributed by atoms with E-state index in [1.807, 2.05) is 6.07 Å². The monoisotopic (exact) mass is 399 g/mol. The van der Waals surface area contributed by atoms with E-state index < -0.39 is 0 Å². The fraction of sp³-hybridized carbons (Fsp3) is 0.125. The number of carbonyl (C=O) groups excluding carboxylic acids is 3. The van der Waals surface area contributed by atoms with Crippen LogP contribution < -0.4 is 16.0 Å². The molecule has 150 valence electrons. The highest BCUT2D eigenvalue weighted by Gasteiger charge is 2.23. The molecule has 6 nitrogen and oxygen atoms in total. The van der Waals surface area contributed by atoms with E-state index >= 15 is 0 Å². The number of benzene rings is 3. The van der Waals surface area contributed by atoms with E-state index in [1.54, 1.807) is 72.8 Å². The van der Waals surface area contributed by atoms with Crippen LogP contribution >= 0.6 is 0 Å². The fourth-order valence-corrected chi connectivity index (χ4v) is 2.94. The van der Waals surface area contributed by atoms with Crippen LogP contribution in [0.3, 0.4) is 0 Å². The smallest absolute Gasteiger partial charge is 0.255 e. The third-order valence-electron chi connectivity index (χ3n) is 4.74. The van der Waals surface area contributed by atoms with Crippen LogP contribution in [0.5, 0.6) is 0 Å². The molecule has 3 N–H and O–H groups in total. The molecule has 3 aromatic carbocycles. The summed E-state index contributed by atoms with van der Waals surface area (Å²) in [4.78, 5) is 36.9. The maximum Gasteiger partial charge on any atom is 0.255 e. The molecule has 0 saturated heterocycles. The molecule has 6 heteroatoms. The van der Waals surface area contributed by atoms with Gasteiger partial charge in [-0.25, -0.2) is 0 Å². The quantitative estimate of drug-likeness (QED) is 0.584. The van der Waals surface area contributed by atoms with Crippen molar-refractivity contribution in [3.63, 3.8) is 0 Å². The van der Waals surface area contributed by atoms with Crippen LogP contribution in [0.4, 0.5) is 11.4 Å². The Bertz CT molecular complexity index is 1070. The van der Waals surface area contributed by atoms with E-state index in [9.17, 15) is 14.4 Å². The largest absolute Gasteiger partial charge is 0.349 e. The number of amides is 3. The van der Waals surface area contributed by atoms with E-state index in [-0.39, 0.29) is 23.8 Å². The van der Waals surface area contributed by atoms with Gasteiger partial charge in [0.25, 0.3) is 17.7 Å².